The minimum Gasteiger partial charge on any atom is -0.469 e. The van der Waals surface area contributed by atoms with Crippen molar-refractivity contribution in [2.75, 3.05) is 21.0 Å². The molecule has 5 aliphatic rings. The number of rotatable bonds is 7. The predicted octanol–water partition coefficient (Wildman–Crippen LogP) is 5.21. The van der Waals surface area contributed by atoms with Gasteiger partial charge in [-0.05, 0) is 97.7 Å². The van der Waals surface area contributed by atoms with E-state index in [-0.39, 0.29) is 12.1 Å². The van der Waals surface area contributed by atoms with Gasteiger partial charge in [-0.1, -0.05) is 20.8 Å². The van der Waals surface area contributed by atoms with Crippen LogP contribution in [0.25, 0.3) is 0 Å². The van der Waals surface area contributed by atoms with E-state index in [0.717, 1.165) is 18.8 Å². The third kappa shape index (κ3) is 3.56. The summed E-state index contributed by atoms with van der Waals surface area (Å²) in [6.07, 6.45) is 11.7. The van der Waals surface area contributed by atoms with Crippen LogP contribution in [0, 0.1) is 46.3 Å². The van der Waals surface area contributed by atoms with Crippen molar-refractivity contribution in [1.82, 2.24) is 0 Å². The zero-order chi connectivity index (χ0) is 22.7. The number of carbonyl (C=O) groups excluding carboxylic acids is 1. The lowest BCUT2D eigenvalue weighted by molar-refractivity contribution is -0.200. The SMILES string of the molecule is COCO[C@H]1C[C@@H]2[C@H]3O[C@H]3CC[C@]2(C)C2CC[C@@]3(C)C(CC[C@@H]3[C@H](C)CCC(=O)OC)C21. The molecular formula is C27H44O5. The molecule has 1 saturated heterocycles. The minimum atomic E-state index is -0.0718. The van der Waals surface area contributed by atoms with Crippen LogP contribution in [-0.2, 0) is 23.7 Å². The molecule has 0 aromatic rings. The molecule has 5 heteroatoms. The minimum absolute atomic E-state index is 0.0718. The molecule has 0 aromatic heterocycles. The first-order valence-electron chi connectivity index (χ1n) is 13.2. The van der Waals surface area contributed by atoms with Crippen molar-refractivity contribution < 1.29 is 23.7 Å². The molecule has 0 spiro atoms. The highest BCUT2D eigenvalue weighted by atomic mass is 16.7. The predicted molar refractivity (Wildman–Crippen MR) is 122 cm³/mol. The molecule has 5 rings (SSSR count). The molecule has 1 heterocycles. The Bertz CT molecular complexity index is 710. The topological polar surface area (TPSA) is 57.3 Å². The van der Waals surface area contributed by atoms with Gasteiger partial charge in [-0.25, -0.2) is 0 Å². The number of esters is 1. The Morgan fingerprint density at radius 1 is 1.03 bits per heavy atom. The maximum Gasteiger partial charge on any atom is 0.305 e. The molecule has 4 saturated carbocycles. The van der Waals surface area contributed by atoms with E-state index in [2.05, 4.69) is 20.8 Å². The van der Waals surface area contributed by atoms with Crippen LogP contribution in [0.5, 0.6) is 0 Å². The molecule has 32 heavy (non-hydrogen) atoms. The first-order chi connectivity index (χ1) is 15.3. The highest BCUT2D eigenvalue weighted by Gasteiger charge is 2.67. The van der Waals surface area contributed by atoms with Gasteiger partial charge in [-0.3, -0.25) is 4.79 Å². The summed E-state index contributed by atoms with van der Waals surface area (Å²) in [6.45, 7) is 7.93. The lowest BCUT2D eigenvalue weighted by atomic mass is 9.44. The Kier molecular flexibility index (Phi) is 6.16. The number of hydrogen-bond acceptors (Lipinski definition) is 5. The van der Waals surface area contributed by atoms with Crippen LogP contribution >= 0.6 is 0 Å². The molecule has 4 aliphatic carbocycles. The van der Waals surface area contributed by atoms with Crippen LogP contribution in [0.15, 0.2) is 0 Å². The molecule has 5 fully saturated rings. The van der Waals surface area contributed by atoms with Crippen LogP contribution in [-0.4, -0.2) is 45.3 Å². The van der Waals surface area contributed by atoms with E-state index in [4.69, 9.17) is 18.9 Å². The first-order valence-corrected chi connectivity index (χ1v) is 13.2. The standard InChI is InChI=1S/C27H44O5/c1-16(6-9-23(28)30-5)17-7-8-18-24-19(10-12-26(17,18)2)27(3)13-11-21-25(32-21)20(27)14-22(24)31-15-29-4/h16-22,24-25H,6-15H2,1-5H3/t16-,17-,18?,19?,20-,21+,22+,24?,25-,26-,27-/m1/s1. The fraction of sp³-hybridized carbons (Fsp3) is 0.963. The van der Waals surface area contributed by atoms with E-state index in [1.807, 2.05) is 0 Å². The van der Waals surface area contributed by atoms with Crippen molar-refractivity contribution in [3.63, 3.8) is 0 Å². The first kappa shape index (κ1) is 23.1. The summed E-state index contributed by atoms with van der Waals surface area (Å²) in [5.74, 6) is 3.88. The van der Waals surface area contributed by atoms with Gasteiger partial charge in [0, 0.05) is 13.5 Å². The van der Waals surface area contributed by atoms with Crippen molar-refractivity contribution in [3.8, 4) is 0 Å². The zero-order valence-electron chi connectivity index (χ0n) is 20.8. The van der Waals surface area contributed by atoms with Gasteiger partial charge < -0.3 is 18.9 Å². The molecule has 0 radical (unpaired) electrons. The molecule has 0 bridgehead atoms. The van der Waals surface area contributed by atoms with Crippen molar-refractivity contribution in [2.45, 2.75) is 96.9 Å². The van der Waals surface area contributed by atoms with Crippen molar-refractivity contribution in [2.24, 2.45) is 46.3 Å². The number of epoxide rings is 1. The quantitative estimate of drug-likeness (QED) is 0.304. The summed E-state index contributed by atoms with van der Waals surface area (Å²) in [7, 11) is 3.24. The smallest absolute Gasteiger partial charge is 0.305 e. The van der Waals surface area contributed by atoms with Gasteiger partial charge >= 0.3 is 5.97 Å². The van der Waals surface area contributed by atoms with Crippen molar-refractivity contribution in [1.29, 1.82) is 0 Å². The van der Waals surface area contributed by atoms with E-state index in [1.165, 1.54) is 45.6 Å². The number of carbonyl (C=O) groups is 1. The van der Waals surface area contributed by atoms with Gasteiger partial charge in [0.25, 0.3) is 0 Å². The highest BCUT2D eigenvalue weighted by Crippen LogP contribution is 2.70. The normalized spacial score (nSPS) is 49.9. The van der Waals surface area contributed by atoms with Gasteiger partial charge in [0.05, 0.1) is 25.4 Å². The van der Waals surface area contributed by atoms with Gasteiger partial charge in [0.15, 0.2) is 0 Å². The lowest BCUT2D eigenvalue weighted by Gasteiger charge is -2.62. The average Bonchev–Trinajstić information content (AvgIpc) is 3.49. The highest BCUT2D eigenvalue weighted by molar-refractivity contribution is 5.69. The largest absolute Gasteiger partial charge is 0.469 e. The fourth-order valence-electron chi connectivity index (χ4n) is 9.47. The second-order valence-electron chi connectivity index (χ2n) is 12.2. The van der Waals surface area contributed by atoms with Crippen LogP contribution in [0.3, 0.4) is 0 Å². The van der Waals surface area contributed by atoms with Crippen LogP contribution in [0.4, 0.5) is 0 Å². The summed E-state index contributed by atoms with van der Waals surface area (Å²) < 4.78 is 22.9. The Morgan fingerprint density at radius 2 is 1.78 bits per heavy atom. The maximum atomic E-state index is 11.8. The van der Waals surface area contributed by atoms with Gasteiger partial charge in [0.2, 0.25) is 0 Å². The van der Waals surface area contributed by atoms with E-state index in [9.17, 15) is 4.79 Å². The second-order valence-corrected chi connectivity index (χ2v) is 12.2. The third-order valence-corrected chi connectivity index (χ3v) is 11.1. The summed E-state index contributed by atoms with van der Waals surface area (Å²) >= 11 is 0. The maximum absolute atomic E-state index is 11.8. The Balaban J connectivity index is 1.39. The Hall–Kier alpha value is -0.650. The molecule has 0 amide bonds. The molecular weight excluding hydrogens is 404 g/mol. The van der Waals surface area contributed by atoms with Gasteiger partial charge in [-0.2, -0.15) is 0 Å². The van der Waals surface area contributed by atoms with E-state index >= 15 is 0 Å². The summed E-state index contributed by atoms with van der Waals surface area (Å²) in [6, 6.07) is 0. The van der Waals surface area contributed by atoms with E-state index < -0.39 is 0 Å². The average molecular weight is 449 g/mol. The van der Waals surface area contributed by atoms with Crippen LogP contribution in [0.2, 0.25) is 0 Å². The van der Waals surface area contributed by atoms with Crippen LogP contribution < -0.4 is 0 Å². The molecule has 182 valence electrons. The number of fused-ring (bicyclic) bond motifs is 7. The monoisotopic (exact) mass is 448 g/mol. The Morgan fingerprint density at radius 3 is 2.53 bits per heavy atom. The third-order valence-electron chi connectivity index (χ3n) is 11.1. The van der Waals surface area contributed by atoms with Gasteiger partial charge in [-0.15, -0.1) is 0 Å². The lowest BCUT2D eigenvalue weighted by Crippen LogP contribution is -2.59. The number of hydrogen-bond donors (Lipinski definition) is 0. The molecule has 5 nitrogen and oxygen atoms in total. The number of methoxy groups -OCH3 is 2. The molecule has 0 N–H and O–H groups in total. The second kappa shape index (κ2) is 8.53. The van der Waals surface area contributed by atoms with E-state index in [1.54, 1.807) is 7.11 Å². The van der Waals surface area contributed by atoms with Gasteiger partial charge in [0.1, 0.15) is 6.79 Å². The summed E-state index contributed by atoms with van der Waals surface area (Å²) in [4.78, 5) is 11.8. The number of ether oxygens (including phenoxy) is 4. The van der Waals surface area contributed by atoms with E-state index in [0.29, 0.717) is 65.8 Å². The molecule has 3 unspecified atom stereocenters. The summed E-state index contributed by atoms with van der Waals surface area (Å²) in [5.41, 5.74) is 0.743. The summed E-state index contributed by atoms with van der Waals surface area (Å²) in [5, 5.41) is 0. The zero-order valence-corrected chi connectivity index (χ0v) is 20.8. The fourth-order valence-corrected chi connectivity index (χ4v) is 9.47. The van der Waals surface area contributed by atoms with Crippen molar-refractivity contribution >= 4 is 5.97 Å². The Labute approximate surface area is 194 Å². The molecule has 0 aromatic carbocycles. The molecule has 1 aliphatic heterocycles. The van der Waals surface area contributed by atoms with Crippen molar-refractivity contribution in [3.05, 3.63) is 0 Å². The molecule has 11 atom stereocenters. The van der Waals surface area contributed by atoms with Crippen LogP contribution in [0.1, 0.15) is 78.6 Å².